The summed E-state index contributed by atoms with van der Waals surface area (Å²) in [6, 6.07) is 5.72. The molecule has 1 N–H and O–H groups in total. The highest BCUT2D eigenvalue weighted by atomic mass is 32.2. The van der Waals surface area contributed by atoms with Crippen LogP contribution in [-0.4, -0.2) is 26.3 Å². The van der Waals surface area contributed by atoms with E-state index in [-0.39, 0.29) is 5.78 Å². The second-order valence-electron chi connectivity index (χ2n) is 5.55. The van der Waals surface area contributed by atoms with E-state index in [2.05, 4.69) is 27.0 Å². The largest absolute Gasteiger partial charge is 0.467 e. The van der Waals surface area contributed by atoms with E-state index >= 15 is 0 Å². The summed E-state index contributed by atoms with van der Waals surface area (Å²) in [4.78, 5) is 12.5. The Labute approximate surface area is 154 Å². The molecule has 0 fully saturated rings. The second kappa shape index (κ2) is 7.88. The zero-order valence-corrected chi connectivity index (χ0v) is 16.0. The van der Waals surface area contributed by atoms with E-state index in [1.165, 1.54) is 23.1 Å². The summed E-state index contributed by atoms with van der Waals surface area (Å²) < 4.78 is 8.19. The quantitative estimate of drug-likeness (QED) is 0.470. The molecule has 0 bridgehead atoms. The van der Waals surface area contributed by atoms with Crippen LogP contribution in [0.25, 0.3) is 0 Å². The zero-order chi connectivity index (χ0) is 17.8. The SMILES string of the molecule is CCn1c(C)cc(C(=O)CSc2nnc(NCc3ccco3)s2)c1C. The van der Waals surface area contributed by atoms with Gasteiger partial charge in [0.25, 0.3) is 0 Å². The molecule has 25 heavy (non-hydrogen) atoms. The van der Waals surface area contributed by atoms with E-state index < -0.39 is 0 Å². The number of Topliss-reactive ketones (excluding diaryl/α,β-unsaturated/α-hetero) is 1. The molecule has 0 radical (unpaired) electrons. The molecule has 0 spiro atoms. The number of nitrogens with one attached hydrogen (secondary N) is 1. The number of ketones is 1. The summed E-state index contributed by atoms with van der Waals surface area (Å²) >= 11 is 2.86. The molecule has 0 aliphatic rings. The molecule has 3 heterocycles. The lowest BCUT2D eigenvalue weighted by atomic mass is 10.2. The lowest BCUT2D eigenvalue weighted by Gasteiger charge is -2.05. The van der Waals surface area contributed by atoms with Gasteiger partial charge in [0.15, 0.2) is 10.1 Å². The molecule has 3 aromatic heterocycles. The summed E-state index contributed by atoms with van der Waals surface area (Å²) in [6.07, 6.45) is 1.64. The second-order valence-corrected chi connectivity index (χ2v) is 7.75. The van der Waals surface area contributed by atoms with Crippen molar-refractivity contribution in [1.29, 1.82) is 0 Å². The minimum atomic E-state index is 0.123. The highest BCUT2D eigenvalue weighted by Gasteiger charge is 2.16. The van der Waals surface area contributed by atoms with Gasteiger partial charge in [-0.1, -0.05) is 23.1 Å². The smallest absolute Gasteiger partial charge is 0.206 e. The van der Waals surface area contributed by atoms with Gasteiger partial charge in [-0.25, -0.2) is 0 Å². The third-order valence-corrected chi connectivity index (χ3v) is 5.93. The maximum atomic E-state index is 12.5. The van der Waals surface area contributed by atoms with Crippen LogP contribution >= 0.6 is 23.1 Å². The molecular formula is C17H20N4O2S2. The Morgan fingerprint density at radius 3 is 2.92 bits per heavy atom. The van der Waals surface area contributed by atoms with Crippen molar-refractivity contribution >= 4 is 34.0 Å². The van der Waals surface area contributed by atoms with E-state index in [0.717, 1.165) is 38.7 Å². The maximum Gasteiger partial charge on any atom is 0.206 e. The number of aromatic nitrogens is 3. The number of carbonyl (C=O) groups is 1. The van der Waals surface area contributed by atoms with E-state index in [0.29, 0.717) is 12.3 Å². The van der Waals surface area contributed by atoms with Crippen LogP contribution in [0.15, 0.2) is 33.2 Å². The fraction of sp³-hybridized carbons (Fsp3) is 0.353. The number of hydrogen-bond donors (Lipinski definition) is 1. The minimum absolute atomic E-state index is 0.123. The van der Waals surface area contributed by atoms with Gasteiger partial charge in [-0.3, -0.25) is 4.79 Å². The molecule has 0 amide bonds. The predicted octanol–water partition coefficient (Wildman–Crippen LogP) is 4.16. The molecular weight excluding hydrogens is 356 g/mol. The molecule has 8 heteroatoms. The van der Waals surface area contributed by atoms with Crippen molar-refractivity contribution in [3.8, 4) is 0 Å². The van der Waals surface area contributed by atoms with Gasteiger partial charge < -0.3 is 14.3 Å². The lowest BCUT2D eigenvalue weighted by molar-refractivity contribution is 0.102. The monoisotopic (exact) mass is 376 g/mol. The first-order valence-electron chi connectivity index (χ1n) is 8.01. The Morgan fingerprint density at radius 2 is 2.24 bits per heavy atom. The van der Waals surface area contributed by atoms with Gasteiger partial charge in [0.2, 0.25) is 5.13 Å². The molecule has 0 saturated carbocycles. The van der Waals surface area contributed by atoms with Crippen LogP contribution < -0.4 is 5.32 Å². The van der Waals surface area contributed by atoms with Crippen LogP contribution in [0.5, 0.6) is 0 Å². The molecule has 0 atom stereocenters. The number of anilines is 1. The molecule has 0 aliphatic carbocycles. The standard InChI is InChI=1S/C17H20N4O2S2/c1-4-21-11(2)8-14(12(21)3)15(22)10-24-17-20-19-16(25-17)18-9-13-6-5-7-23-13/h5-8H,4,9-10H2,1-3H3,(H,18,19). The average Bonchev–Trinajstić information content (AvgIpc) is 3.32. The first kappa shape index (κ1) is 17.8. The van der Waals surface area contributed by atoms with Crippen LogP contribution in [0, 0.1) is 13.8 Å². The Kier molecular flexibility index (Phi) is 5.60. The summed E-state index contributed by atoms with van der Waals surface area (Å²) in [5.41, 5.74) is 2.95. The number of furan rings is 1. The molecule has 3 aromatic rings. The van der Waals surface area contributed by atoms with Crippen LogP contribution in [0.2, 0.25) is 0 Å². The Morgan fingerprint density at radius 1 is 1.40 bits per heavy atom. The Bertz CT molecular complexity index is 852. The van der Waals surface area contributed by atoms with Crippen molar-refractivity contribution in [2.75, 3.05) is 11.1 Å². The number of carbonyl (C=O) groups excluding carboxylic acids is 1. The summed E-state index contributed by atoms with van der Waals surface area (Å²) in [5.74, 6) is 1.32. The Hall–Kier alpha value is -2.06. The van der Waals surface area contributed by atoms with Crippen molar-refractivity contribution in [1.82, 2.24) is 14.8 Å². The lowest BCUT2D eigenvalue weighted by Crippen LogP contribution is -2.05. The summed E-state index contributed by atoms with van der Waals surface area (Å²) in [7, 11) is 0. The van der Waals surface area contributed by atoms with E-state index in [4.69, 9.17) is 4.42 Å². The minimum Gasteiger partial charge on any atom is -0.467 e. The van der Waals surface area contributed by atoms with Crippen LogP contribution in [-0.2, 0) is 13.1 Å². The normalized spacial score (nSPS) is 11.0. The van der Waals surface area contributed by atoms with Crippen molar-refractivity contribution in [3.63, 3.8) is 0 Å². The van der Waals surface area contributed by atoms with Crippen molar-refractivity contribution in [2.45, 2.75) is 38.2 Å². The van der Waals surface area contributed by atoms with Crippen molar-refractivity contribution in [2.24, 2.45) is 0 Å². The molecule has 0 aliphatic heterocycles. The molecule has 6 nitrogen and oxygen atoms in total. The van der Waals surface area contributed by atoms with E-state index in [1.807, 2.05) is 32.0 Å². The third-order valence-electron chi connectivity index (χ3n) is 3.92. The van der Waals surface area contributed by atoms with Gasteiger partial charge in [-0.15, -0.1) is 10.2 Å². The molecule has 3 rings (SSSR count). The number of hydrogen-bond acceptors (Lipinski definition) is 7. The first-order chi connectivity index (χ1) is 12.1. The number of thioether (sulfide) groups is 1. The molecule has 132 valence electrons. The highest BCUT2D eigenvalue weighted by molar-refractivity contribution is 8.01. The zero-order valence-electron chi connectivity index (χ0n) is 14.4. The predicted molar refractivity (Wildman–Crippen MR) is 101 cm³/mol. The van der Waals surface area contributed by atoms with Gasteiger partial charge in [0.1, 0.15) is 5.76 Å². The number of rotatable bonds is 8. The first-order valence-corrected chi connectivity index (χ1v) is 9.81. The fourth-order valence-corrected chi connectivity index (χ4v) is 4.32. The maximum absolute atomic E-state index is 12.5. The summed E-state index contributed by atoms with van der Waals surface area (Å²) in [6.45, 7) is 7.55. The fourth-order valence-electron chi connectivity index (χ4n) is 2.69. The van der Waals surface area contributed by atoms with E-state index in [9.17, 15) is 4.79 Å². The van der Waals surface area contributed by atoms with Gasteiger partial charge in [-0.2, -0.15) is 0 Å². The topological polar surface area (TPSA) is 73.0 Å². The van der Waals surface area contributed by atoms with Crippen LogP contribution in [0.1, 0.15) is 34.4 Å². The average molecular weight is 377 g/mol. The number of nitrogens with zero attached hydrogens (tertiary/aromatic N) is 3. The van der Waals surface area contributed by atoms with Gasteiger partial charge in [0, 0.05) is 23.5 Å². The number of aryl methyl sites for hydroxylation is 1. The molecule has 0 aromatic carbocycles. The van der Waals surface area contributed by atoms with Crippen LogP contribution in [0.4, 0.5) is 5.13 Å². The highest BCUT2D eigenvalue weighted by Crippen LogP contribution is 2.27. The van der Waals surface area contributed by atoms with Crippen molar-refractivity contribution < 1.29 is 9.21 Å². The van der Waals surface area contributed by atoms with E-state index in [1.54, 1.807) is 6.26 Å². The molecule has 0 unspecified atom stereocenters. The van der Waals surface area contributed by atoms with Gasteiger partial charge >= 0.3 is 0 Å². The van der Waals surface area contributed by atoms with Gasteiger partial charge in [-0.05, 0) is 39.0 Å². The van der Waals surface area contributed by atoms with Crippen LogP contribution in [0.3, 0.4) is 0 Å². The van der Waals surface area contributed by atoms with Gasteiger partial charge in [0.05, 0.1) is 18.6 Å². The Balaban J connectivity index is 1.56. The van der Waals surface area contributed by atoms with Crippen molar-refractivity contribution in [3.05, 3.63) is 47.2 Å². The molecule has 0 saturated heterocycles. The third kappa shape index (κ3) is 4.13. The summed E-state index contributed by atoms with van der Waals surface area (Å²) in [5, 5.41) is 12.1.